The molecular formula is C16H14O2S6. The molecule has 0 saturated heterocycles. The molecule has 24 heavy (non-hydrogen) atoms. The first kappa shape index (κ1) is 19.9. The van der Waals surface area contributed by atoms with Crippen LogP contribution in [0.2, 0.25) is 0 Å². The third kappa shape index (κ3) is 6.16. The van der Waals surface area contributed by atoms with Gasteiger partial charge in [0.25, 0.3) is 0 Å². The Morgan fingerprint density at radius 2 is 1.25 bits per heavy atom. The minimum atomic E-state index is 0.0202. The van der Waals surface area contributed by atoms with E-state index in [1.807, 2.05) is 47.5 Å². The van der Waals surface area contributed by atoms with Gasteiger partial charge in [0.05, 0.1) is 18.2 Å². The zero-order valence-electron chi connectivity index (χ0n) is 12.9. The monoisotopic (exact) mass is 430 g/mol. The van der Waals surface area contributed by atoms with Crippen molar-refractivity contribution in [3.63, 3.8) is 0 Å². The summed E-state index contributed by atoms with van der Waals surface area (Å²) in [5, 5.41) is 3.79. The van der Waals surface area contributed by atoms with E-state index in [1.54, 1.807) is 12.2 Å². The summed E-state index contributed by atoms with van der Waals surface area (Å²) in [6, 6.07) is 7.40. The predicted molar refractivity (Wildman–Crippen MR) is 116 cm³/mol. The van der Waals surface area contributed by atoms with Gasteiger partial charge in [0.2, 0.25) is 0 Å². The summed E-state index contributed by atoms with van der Waals surface area (Å²) >= 11 is 5.95. The molecule has 8 heteroatoms. The molecule has 0 radical (unpaired) electrons. The third-order valence-electron chi connectivity index (χ3n) is 2.63. The minimum absolute atomic E-state index is 0.0202. The molecular weight excluding hydrogens is 417 g/mol. The maximum atomic E-state index is 12.1. The highest BCUT2D eigenvalue weighted by molar-refractivity contribution is 8.83. The highest BCUT2D eigenvalue weighted by Gasteiger charge is 2.10. The van der Waals surface area contributed by atoms with Crippen LogP contribution < -0.4 is 0 Å². The minimum Gasteiger partial charge on any atom is -0.288 e. The maximum Gasteiger partial charge on any atom is 0.197 e. The molecule has 0 aliphatic heterocycles. The molecule has 0 saturated carbocycles. The van der Waals surface area contributed by atoms with E-state index in [1.165, 1.54) is 67.8 Å². The lowest BCUT2D eigenvalue weighted by atomic mass is 10.3. The second-order valence-corrected chi connectivity index (χ2v) is 10.5. The molecule has 0 aliphatic carbocycles. The number of thioether (sulfide) groups is 2. The Labute approximate surface area is 166 Å². The van der Waals surface area contributed by atoms with Gasteiger partial charge in [-0.1, -0.05) is 12.1 Å². The van der Waals surface area contributed by atoms with Crippen LogP contribution in [0.25, 0.3) is 0 Å². The van der Waals surface area contributed by atoms with E-state index in [0.29, 0.717) is 0 Å². The van der Waals surface area contributed by atoms with Crippen LogP contribution in [0.15, 0.2) is 55.7 Å². The zero-order chi connectivity index (χ0) is 17.4. The van der Waals surface area contributed by atoms with Crippen LogP contribution in [0.5, 0.6) is 0 Å². The Morgan fingerprint density at radius 1 is 0.833 bits per heavy atom. The van der Waals surface area contributed by atoms with Gasteiger partial charge in [-0.05, 0) is 57.0 Å². The van der Waals surface area contributed by atoms with E-state index in [2.05, 4.69) is 0 Å². The van der Waals surface area contributed by atoms with Gasteiger partial charge >= 0.3 is 0 Å². The van der Waals surface area contributed by atoms with Crippen LogP contribution in [-0.4, -0.2) is 24.1 Å². The number of allylic oxidation sites excluding steroid dienone is 2. The predicted octanol–water partition coefficient (Wildman–Crippen LogP) is 6.67. The van der Waals surface area contributed by atoms with E-state index in [-0.39, 0.29) is 11.6 Å². The second-order valence-electron chi connectivity index (χ2n) is 4.18. The first-order valence-corrected chi connectivity index (χ1v) is 13.0. The number of carbonyl (C=O) groups is 2. The van der Waals surface area contributed by atoms with Crippen LogP contribution in [0.1, 0.15) is 19.3 Å². The number of thiophene rings is 2. The highest BCUT2D eigenvalue weighted by Crippen LogP contribution is 2.44. The Morgan fingerprint density at radius 3 is 1.54 bits per heavy atom. The Balaban J connectivity index is 2.00. The van der Waals surface area contributed by atoms with E-state index in [4.69, 9.17) is 0 Å². The number of hydrogen-bond donors (Lipinski definition) is 0. The number of rotatable bonds is 9. The van der Waals surface area contributed by atoms with Crippen LogP contribution in [0, 0.1) is 0 Å². The number of hydrogen-bond acceptors (Lipinski definition) is 8. The molecule has 2 aromatic heterocycles. The summed E-state index contributed by atoms with van der Waals surface area (Å²) in [4.78, 5) is 25.8. The average molecular weight is 431 g/mol. The van der Waals surface area contributed by atoms with Crippen molar-refractivity contribution in [1.29, 1.82) is 0 Å². The van der Waals surface area contributed by atoms with Crippen LogP contribution in [0.4, 0.5) is 0 Å². The van der Waals surface area contributed by atoms with Crippen molar-refractivity contribution in [3.8, 4) is 0 Å². The fraction of sp³-hybridized carbons (Fsp3) is 0.125. The molecule has 0 aromatic carbocycles. The fourth-order valence-corrected chi connectivity index (χ4v) is 6.87. The van der Waals surface area contributed by atoms with Gasteiger partial charge in [-0.25, -0.2) is 0 Å². The van der Waals surface area contributed by atoms with Crippen molar-refractivity contribution in [2.45, 2.75) is 0 Å². The lowest BCUT2D eigenvalue weighted by Crippen LogP contribution is -1.91. The van der Waals surface area contributed by atoms with Crippen molar-refractivity contribution < 1.29 is 9.59 Å². The van der Waals surface area contributed by atoms with Crippen LogP contribution in [0.3, 0.4) is 0 Å². The van der Waals surface area contributed by atoms with Gasteiger partial charge in [0.1, 0.15) is 0 Å². The van der Waals surface area contributed by atoms with Gasteiger partial charge in [0.15, 0.2) is 11.6 Å². The summed E-state index contributed by atoms with van der Waals surface area (Å²) in [6.07, 6.45) is 7.21. The van der Waals surface area contributed by atoms with Crippen molar-refractivity contribution in [3.05, 3.63) is 65.4 Å². The van der Waals surface area contributed by atoms with Crippen LogP contribution >= 0.6 is 67.8 Å². The van der Waals surface area contributed by atoms with E-state index in [9.17, 15) is 9.59 Å². The van der Waals surface area contributed by atoms with E-state index in [0.717, 1.165) is 18.2 Å². The summed E-state index contributed by atoms with van der Waals surface area (Å²) in [5.74, 6) is 0.0404. The average Bonchev–Trinajstić information content (AvgIpc) is 3.30. The Kier molecular flexibility index (Phi) is 8.79. The molecule has 0 fully saturated rings. The molecule has 0 atom stereocenters. The van der Waals surface area contributed by atoms with E-state index >= 15 is 0 Å². The second kappa shape index (κ2) is 10.6. The summed E-state index contributed by atoms with van der Waals surface area (Å²) in [5.41, 5.74) is 0. The zero-order valence-corrected chi connectivity index (χ0v) is 17.8. The smallest absolute Gasteiger partial charge is 0.197 e. The van der Waals surface area contributed by atoms with Gasteiger partial charge in [-0.15, -0.1) is 46.2 Å². The van der Waals surface area contributed by atoms with Gasteiger partial charge in [-0.3, -0.25) is 9.59 Å². The van der Waals surface area contributed by atoms with Crippen LogP contribution in [-0.2, 0) is 0 Å². The normalized spacial score (nSPS) is 12.4. The molecule has 2 aromatic rings. The molecule has 0 bridgehead atoms. The van der Waals surface area contributed by atoms with Crippen molar-refractivity contribution in [2.75, 3.05) is 12.5 Å². The van der Waals surface area contributed by atoms with Gasteiger partial charge in [-0.2, -0.15) is 0 Å². The summed E-state index contributed by atoms with van der Waals surface area (Å²) in [7, 11) is 3.01. The number of ketones is 2. The molecule has 126 valence electrons. The molecule has 2 heterocycles. The molecule has 2 nitrogen and oxygen atoms in total. The molecule has 0 amide bonds. The third-order valence-corrected chi connectivity index (χ3v) is 9.55. The summed E-state index contributed by atoms with van der Waals surface area (Å²) in [6.45, 7) is 0. The van der Waals surface area contributed by atoms with E-state index < -0.39 is 0 Å². The SMILES string of the molecule is CS/C(=C/C(=O)c1cccs1)SS/C(=C\C(=O)c1cccs1)SC. The molecule has 0 aliphatic rings. The van der Waals surface area contributed by atoms with Crippen molar-refractivity contribution >= 4 is 79.4 Å². The Hall–Kier alpha value is -0.380. The quantitative estimate of drug-likeness (QED) is 0.251. The molecule has 0 spiro atoms. The molecule has 2 rings (SSSR count). The molecule has 0 unspecified atom stereocenters. The topological polar surface area (TPSA) is 34.1 Å². The number of carbonyl (C=O) groups excluding carboxylic acids is 2. The Bertz CT molecular complexity index is 664. The van der Waals surface area contributed by atoms with Gasteiger partial charge < -0.3 is 0 Å². The molecule has 0 N–H and O–H groups in total. The lowest BCUT2D eigenvalue weighted by Gasteiger charge is -2.05. The maximum absolute atomic E-state index is 12.1. The lowest BCUT2D eigenvalue weighted by molar-refractivity contribution is 0.104. The first-order valence-electron chi connectivity index (χ1n) is 6.65. The standard InChI is InChI=1S/C16H14O2S6/c1-19-15(9-11(17)13-5-3-7-21-13)23-24-16(20-2)10-12(18)14-6-4-8-22-14/h3-10H,1-2H3/b15-9-,16-10-. The first-order chi connectivity index (χ1) is 11.6. The fourth-order valence-electron chi connectivity index (χ4n) is 1.51. The highest BCUT2D eigenvalue weighted by atomic mass is 33.1. The van der Waals surface area contributed by atoms with Crippen molar-refractivity contribution in [2.24, 2.45) is 0 Å². The summed E-state index contributed by atoms with van der Waals surface area (Å²) < 4.78 is 1.84. The largest absolute Gasteiger partial charge is 0.288 e. The van der Waals surface area contributed by atoms with Gasteiger partial charge in [0, 0.05) is 12.2 Å². The van der Waals surface area contributed by atoms with Crippen molar-refractivity contribution in [1.82, 2.24) is 0 Å².